The van der Waals surface area contributed by atoms with Gasteiger partial charge >= 0.3 is 12.1 Å². The maximum absolute atomic E-state index is 13.9. The first-order valence-electron chi connectivity index (χ1n) is 6.41. The molecule has 1 fully saturated rings. The van der Waals surface area contributed by atoms with Crippen LogP contribution in [0, 0.1) is 0 Å². The quantitative estimate of drug-likeness (QED) is 0.693. The summed E-state index contributed by atoms with van der Waals surface area (Å²) in [5, 5.41) is 9.80. The largest absolute Gasteiger partial charge is 0.508 e. The molecular formula is C14H14BrF5O. The third kappa shape index (κ3) is 2.43. The molecule has 1 saturated carbocycles. The zero-order chi connectivity index (χ0) is 16.2. The number of halogens is 6. The van der Waals surface area contributed by atoms with Crippen LogP contribution in [-0.2, 0) is 5.41 Å². The van der Waals surface area contributed by atoms with E-state index in [1.54, 1.807) is 13.8 Å². The molecule has 1 aliphatic carbocycles. The first-order chi connectivity index (χ1) is 9.44. The number of phenolic OH excluding ortho intramolecular Hbond substituents is 1. The molecular weight excluding hydrogens is 359 g/mol. The van der Waals surface area contributed by atoms with Crippen LogP contribution in [-0.4, -0.2) is 17.2 Å². The van der Waals surface area contributed by atoms with Gasteiger partial charge in [-0.3, -0.25) is 0 Å². The fourth-order valence-electron chi connectivity index (χ4n) is 2.56. The highest BCUT2D eigenvalue weighted by Crippen LogP contribution is 2.64. The van der Waals surface area contributed by atoms with Crippen LogP contribution in [0.2, 0.25) is 0 Å². The molecule has 0 heterocycles. The zero-order valence-electron chi connectivity index (χ0n) is 11.4. The number of benzene rings is 1. The lowest BCUT2D eigenvalue weighted by Crippen LogP contribution is -2.47. The van der Waals surface area contributed by atoms with Crippen molar-refractivity contribution in [1.82, 2.24) is 0 Å². The number of phenols is 1. The first-order valence-corrected chi connectivity index (χ1v) is 7.21. The summed E-state index contributed by atoms with van der Waals surface area (Å²) in [5.74, 6) is -5.10. The van der Waals surface area contributed by atoms with Crippen molar-refractivity contribution in [2.45, 2.75) is 50.1 Å². The zero-order valence-corrected chi connectivity index (χ0v) is 12.9. The van der Waals surface area contributed by atoms with Gasteiger partial charge in [-0.2, -0.15) is 22.0 Å². The van der Waals surface area contributed by atoms with Crippen LogP contribution in [0.5, 0.6) is 5.75 Å². The minimum absolute atomic E-state index is 0.0748. The minimum Gasteiger partial charge on any atom is -0.508 e. The summed E-state index contributed by atoms with van der Waals surface area (Å²) in [5.41, 5.74) is -1.97. The molecule has 118 valence electrons. The molecule has 0 aromatic heterocycles. The molecule has 1 aliphatic rings. The Labute approximate surface area is 127 Å². The van der Waals surface area contributed by atoms with E-state index >= 15 is 0 Å². The van der Waals surface area contributed by atoms with Gasteiger partial charge in [0.1, 0.15) is 5.75 Å². The fourth-order valence-corrected chi connectivity index (χ4v) is 3.27. The lowest BCUT2D eigenvalue weighted by molar-refractivity contribution is -0.296. The number of aromatic hydroxyl groups is 1. The van der Waals surface area contributed by atoms with Gasteiger partial charge in [-0.05, 0) is 42.0 Å². The van der Waals surface area contributed by atoms with Gasteiger partial charge in [0.2, 0.25) is 0 Å². The summed E-state index contributed by atoms with van der Waals surface area (Å²) in [6.45, 7) is 3.46. The molecule has 1 aromatic rings. The van der Waals surface area contributed by atoms with Crippen LogP contribution in [0.25, 0.3) is 0 Å². The fraction of sp³-hybridized carbons (Fsp3) is 0.571. The Balaban J connectivity index is 2.59. The molecule has 1 nitrogen and oxygen atoms in total. The molecule has 0 aliphatic heterocycles. The van der Waals surface area contributed by atoms with E-state index in [0.717, 1.165) is 0 Å². The third-order valence-corrected chi connectivity index (χ3v) is 4.62. The molecule has 0 amide bonds. The van der Waals surface area contributed by atoms with Gasteiger partial charge in [0, 0.05) is 4.47 Å². The number of hydrogen-bond donors (Lipinski definition) is 1. The average Bonchev–Trinajstić information content (AvgIpc) is 3.08. The van der Waals surface area contributed by atoms with E-state index in [9.17, 15) is 27.1 Å². The SMILES string of the molecule is CC(C)c1cc(C2(C(F)(F)C(F)(F)F)CC2)c(Br)cc1O. The Kier molecular flexibility index (Phi) is 3.80. The van der Waals surface area contributed by atoms with Gasteiger partial charge in [-0.15, -0.1) is 0 Å². The van der Waals surface area contributed by atoms with Crippen LogP contribution >= 0.6 is 15.9 Å². The Morgan fingerprint density at radius 3 is 2.05 bits per heavy atom. The van der Waals surface area contributed by atoms with Gasteiger partial charge in [-0.25, -0.2) is 0 Å². The standard InChI is InChI=1S/C14H14BrF5O/c1-7(2)8-5-9(10(15)6-11(8)21)12(3-4-12)13(16,17)14(18,19)20/h5-7,21H,3-4H2,1-2H3. The molecule has 7 heteroatoms. The maximum Gasteiger partial charge on any atom is 0.454 e. The highest BCUT2D eigenvalue weighted by molar-refractivity contribution is 9.10. The van der Waals surface area contributed by atoms with E-state index < -0.39 is 17.5 Å². The highest BCUT2D eigenvalue weighted by atomic mass is 79.9. The molecule has 21 heavy (non-hydrogen) atoms. The van der Waals surface area contributed by atoms with Crippen molar-refractivity contribution in [2.24, 2.45) is 0 Å². The van der Waals surface area contributed by atoms with Crippen molar-refractivity contribution in [3.63, 3.8) is 0 Å². The van der Waals surface area contributed by atoms with E-state index in [4.69, 9.17) is 0 Å². The van der Waals surface area contributed by atoms with Crippen molar-refractivity contribution in [1.29, 1.82) is 0 Å². The predicted molar refractivity (Wildman–Crippen MR) is 71.8 cm³/mol. The highest BCUT2D eigenvalue weighted by Gasteiger charge is 2.75. The molecule has 1 N–H and O–H groups in total. The van der Waals surface area contributed by atoms with Crippen molar-refractivity contribution in [2.75, 3.05) is 0 Å². The van der Waals surface area contributed by atoms with Crippen molar-refractivity contribution >= 4 is 15.9 Å². The van der Waals surface area contributed by atoms with Crippen molar-refractivity contribution in [3.05, 3.63) is 27.7 Å². The summed E-state index contributed by atoms with van der Waals surface area (Å²) in [6, 6.07) is 2.45. The molecule has 0 saturated heterocycles. The number of alkyl halides is 5. The summed E-state index contributed by atoms with van der Waals surface area (Å²) >= 11 is 3.00. The molecule has 0 atom stereocenters. The van der Waals surface area contributed by atoms with Crippen molar-refractivity contribution < 1.29 is 27.1 Å². The Morgan fingerprint density at radius 1 is 1.14 bits per heavy atom. The van der Waals surface area contributed by atoms with Gasteiger partial charge in [0.25, 0.3) is 0 Å². The lowest BCUT2D eigenvalue weighted by Gasteiger charge is -2.30. The Hall–Kier alpha value is -0.850. The minimum atomic E-state index is -5.60. The maximum atomic E-state index is 13.9. The first kappa shape index (κ1) is 16.5. The van der Waals surface area contributed by atoms with Gasteiger partial charge in [-0.1, -0.05) is 29.8 Å². The molecule has 0 bridgehead atoms. The summed E-state index contributed by atoms with van der Waals surface area (Å²) < 4.78 is 65.9. The predicted octanol–water partition coefficient (Wildman–Crippen LogP) is 5.51. The van der Waals surface area contributed by atoms with Gasteiger partial charge < -0.3 is 5.11 Å². The second-order valence-electron chi connectivity index (χ2n) is 5.70. The van der Waals surface area contributed by atoms with Crippen LogP contribution in [0.4, 0.5) is 22.0 Å². The van der Waals surface area contributed by atoms with Crippen molar-refractivity contribution in [3.8, 4) is 5.75 Å². The Bertz CT molecular complexity index is 561. The summed E-state index contributed by atoms with van der Waals surface area (Å²) in [6.07, 6.45) is -6.07. The topological polar surface area (TPSA) is 20.2 Å². The van der Waals surface area contributed by atoms with Crippen LogP contribution < -0.4 is 0 Å². The van der Waals surface area contributed by atoms with E-state index in [0.29, 0.717) is 5.56 Å². The summed E-state index contributed by atoms with van der Waals surface area (Å²) in [7, 11) is 0. The number of rotatable bonds is 3. The third-order valence-electron chi connectivity index (χ3n) is 3.96. The molecule has 1 aromatic carbocycles. The van der Waals surface area contributed by atoms with Gasteiger partial charge in [0.15, 0.2) is 0 Å². The van der Waals surface area contributed by atoms with Crippen LogP contribution in [0.3, 0.4) is 0 Å². The Morgan fingerprint density at radius 2 is 1.67 bits per heavy atom. The van der Waals surface area contributed by atoms with Crippen LogP contribution in [0.1, 0.15) is 43.7 Å². The lowest BCUT2D eigenvalue weighted by atomic mass is 9.86. The number of hydrogen-bond acceptors (Lipinski definition) is 1. The smallest absolute Gasteiger partial charge is 0.454 e. The molecule has 0 radical (unpaired) electrons. The summed E-state index contributed by atoms with van der Waals surface area (Å²) in [4.78, 5) is 0. The normalized spacial score (nSPS) is 18.1. The monoisotopic (exact) mass is 372 g/mol. The molecule has 0 unspecified atom stereocenters. The molecule has 2 rings (SSSR count). The van der Waals surface area contributed by atoms with E-state index in [1.807, 2.05) is 0 Å². The van der Waals surface area contributed by atoms with Crippen LogP contribution in [0.15, 0.2) is 16.6 Å². The van der Waals surface area contributed by atoms with E-state index in [1.165, 1.54) is 12.1 Å². The average molecular weight is 373 g/mol. The second kappa shape index (κ2) is 4.83. The van der Waals surface area contributed by atoms with E-state index in [2.05, 4.69) is 15.9 Å². The second-order valence-corrected chi connectivity index (χ2v) is 6.55. The van der Waals surface area contributed by atoms with E-state index in [-0.39, 0.29) is 34.5 Å². The van der Waals surface area contributed by atoms with Gasteiger partial charge in [0.05, 0.1) is 5.41 Å². The molecule has 0 spiro atoms.